The standard InChI is InChI=1S/C23H29N3O3S/c1-24-16-17-25(18-20-8-4-5-9-22(20)24)23(27)19-10-12-21(13-11-19)30(28,29)26-14-6-2-3-7-15-26/h4-5,8-13H,2-3,6-7,14-18H2,1H3. The number of fused-ring (bicyclic) bond motifs is 1. The molecule has 2 aliphatic heterocycles. The van der Waals surface area contributed by atoms with E-state index in [2.05, 4.69) is 11.0 Å². The first-order valence-electron chi connectivity index (χ1n) is 10.7. The molecule has 0 N–H and O–H groups in total. The van der Waals surface area contributed by atoms with Crippen molar-refractivity contribution in [2.45, 2.75) is 37.1 Å². The normalized spacial score (nSPS) is 18.4. The van der Waals surface area contributed by atoms with Gasteiger partial charge in [-0.05, 0) is 48.7 Å². The van der Waals surface area contributed by atoms with E-state index in [0.717, 1.165) is 43.5 Å². The van der Waals surface area contributed by atoms with Crippen molar-refractivity contribution in [2.75, 3.05) is 38.1 Å². The molecule has 30 heavy (non-hydrogen) atoms. The molecular formula is C23H29N3O3S. The molecule has 1 saturated heterocycles. The molecule has 0 atom stereocenters. The lowest BCUT2D eigenvalue weighted by molar-refractivity contribution is 0.0751. The van der Waals surface area contributed by atoms with Crippen LogP contribution in [-0.4, -0.2) is 56.8 Å². The van der Waals surface area contributed by atoms with E-state index in [1.807, 2.05) is 30.1 Å². The highest BCUT2D eigenvalue weighted by Crippen LogP contribution is 2.25. The van der Waals surface area contributed by atoms with Gasteiger partial charge < -0.3 is 9.80 Å². The van der Waals surface area contributed by atoms with Crippen LogP contribution in [0.2, 0.25) is 0 Å². The topological polar surface area (TPSA) is 60.9 Å². The third kappa shape index (κ3) is 4.23. The number of anilines is 1. The van der Waals surface area contributed by atoms with Gasteiger partial charge in [-0.15, -0.1) is 0 Å². The molecule has 0 aromatic heterocycles. The lowest BCUT2D eigenvalue weighted by Gasteiger charge is -2.22. The maximum absolute atomic E-state index is 13.1. The molecule has 0 aliphatic carbocycles. The number of hydrogen-bond donors (Lipinski definition) is 0. The van der Waals surface area contributed by atoms with Gasteiger partial charge >= 0.3 is 0 Å². The Hall–Kier alpha value is -2.38. The molecule has 7 heteroatoms. The second-order valence-corrected chi connectivity index (χ2v) is 10.1. The SMILES string of the molecule is CN1CCN(C(=O)c2ccc(S(=O)(=O)N3CCCCCC3)cc2)Cc2ccccc21. The quantitative estimate of drug-likeness (QED) is 0.754. The van der Waals surface area contributed by atoms with Gasteiger partial charge in [0.15, 0.2) is 0 Å². The Balaban J connectivity index is 1.52. The van der Waals surface area contributed by atoms with Crippen molar-refractivity contribution >= 4 is 21.6 Å². The number of likely N-dealkylation sites (N-methyl/N-ethyl adjacent to an activating group) is 1. The Morgan fingerprint density at radius 1 is 0.833 bits per heavy atom. The number of carbonyl (C=O) groups excluding carboxylic acids is 1. The zero-order valence-corrected chi connectivity index (χ0v) is 18.3. The highest BCUT2D eigenvalue weighted by Gasteiger charge is 2.26. The fourth-order valence-electron chi connectivity index (χ4n) is 4.25. The van der Waals surface area contributed by atoms with Gasteiger partial charge in [0, 0.05) is 51.0 Å². The van der Waals surface area contributed by atoms with Gasteiger partial charge in [0.1, 0.15) is 0 Å². The summed E-state index contributed by atoms with van der Waals surface area (Å²) in [7, 11) is -1.47. The Labute approximate surface area is 179 Å². The summed E-state index contributed by atoms with van der Waals surface area (Å²) in [5.74, 6) is -0.0705. The fraction of sp³-hybridized carbons (Fsp3) is 0.435. The van der Waals surface area contributed by atoms with Crippen molar-refractivity contribution in [1.82, 2.24) is 9.21 Å². The summed E-state index contributed by atoms with van der Waals surface area (Å²) < 4.78 is 27.5. The van der Waals surface area contributed by atoms with Crippen LogP contribution in [0.4, 0.5) is 5.69 Å². The average molecular weight is 428 g/mol. The van der Waals surface area contributed by atoms with Gasteiger partial charge in [-0.1, -0.05) is 31.0 Å². The minimum Gasteiger partial charge on any atom is -0.373 e. The summed E-state index contributed by atoms with van der Waals surface area (Å²) >= 11 is 0. The number of amides is 1. The van der Waals surface area contributed by atoms with Crippen molar-refractivity contribution in [3.05, 3.63) is 59.7 Å². The maximum atomic E-state index is 13.1. The number of para-hydroxylation sites is 1. The molecule has 0 spiro atoms. The monoisotopic (exact) mass is 427 g/mol. The third-order valence-electron chi connectivity index (χ3n) is 6.06. The van der Waals surface area contributed by atoms with Crippen LogP contribution in [0.5, 0.6) is 0 Å². The predicted octanol–water partition coefficient (Wildman–Crippen LogP) is 3.34. The first-order valence-corrected chi connectivity index (χ1v) is 12.1. The number of carbonyl (C=O) groups is 1. The Morgan fingerprint density at radius 2 is 1.50 bits per heavy atom. The summed E-state index contributed by atoms with van der Waals surface area (Å²) in [4.78, 5) is 17.4. The van der Waals surface area contributed by atoms with Crippen molar-refractivity contribution in [3.8, 4) is 0 Å². The molecule has 0 unspecified atom stereocenters. The Kier molecular flexibility index (Phi) is 6.11. The van der Waals surface area contributed by atoms with Crippen molar-refractivity contribution in [2.24, 2.45) is 0 Å². The largest absolute Gasteiger partial charge is 0.373 e. The number of rotatable bonds is 3. The van der Waals surface area contributed by atoms with Crippen LogP contribution in [0.1, 0.15) is 41.6 Å². The fourth-order valence-corrected chi connectivity index (χ4v) is 5.77. The summed E-state index contributed by atoms with van der Waals surface area (Å²) in [6.45, 7) is 3.07. The van der Waals surface area contributed by atoms with E-state index in [9.17, 15) is 13.2 Å². The van der Waals surface area contributed by atoms with E-state index in [1.165, 1.54) is 0 Å². The van der Waals surface area contributed by atoms with Crippen LogP contribution in [0.3, 0.4) is 0 Å². The second kappa shape index (κ2) is 8.78. The third-order valence-corrected chi connectivity index (χ3v) is 7.97. The van der Waals surface area contributed by atoms with Gasteiger partial charge in [-0.3, -0.25) is 4.79 Å². The van der Waals surface area contributed by atoms with Crippen LogP contribution in [0.15, 0.2) is 53.4 Å². The minimum atomic E-state index is -3.50. The zero-order chi connectivity index (χ0) is 21.1. The molecule has 0 radical (unpaired) electrons. The summed E-state index contributed by atoms with van der Waals surface area (Å²) in [6, 6.07) is 14.6. The average Bonchev–Trinajstić information content (AvgIpc) is 3.14. The lowest BCUT2D eigenvalue weighted by atomic mass is 10.1. The van der Waals surface area contributed by atoms with Crippen LogP contribution in [0, 0.1) is 0 Å². The van der Waals surface area contributed by atoms with E-state index >= 15 is 0 Å². The first kappa shape index (κ1) is 20.9. The van der Waals surface area contributed by atoms with Crippen molar-refractivity contribution < 1.29 is 13.2 Å². The molecule has 4 rings (SSSR count). The van der Waals surface area contributed by atoms with Gasteiger partial charge in [-0.2, -0.15) is 4.31 Å². The van der Waals surface area contributed by atoms with Gasteiger partial charge in [0.05, 0.1) is 4.90 Å². The molecule has 2 heterocycles. The minimum absolute atomic E-state index is 0.0705. The molecule has 6 nitrogen and oxygen atoms in total. The van der Waals surface area contributed by atoms with Gasteiger partial charge in [0.25, 0.3) is 5.91 Å². The van der Waals surface area contributed by atoms with Crippen LogP contribution < -0.4 is 4.90 Å². The highest BCUT2D eigenvalue weighted by molar-refractivity contribution is 7.89. The van der Waals surface area contributed by atoms with Crippen molar-refractivity contribution in [1.29, 1.82) is 0 Å². The lowest BCUT2D eigenvalue weighted by Crippen LogP contribution is -2.34. The summed E-state index contributed by atoms with van der Waals surface area (Å²) in [5.41, 5.74) is 2.78. The van der Waals surface area contributed by atoms with Crippen LogP contribution in [-0.2, 0) is 16.6 Å². The first-order chi connectivity index (χ1) is 14.5. The number of nitrogens with zero attached hydrogens (tertiary/aromatic N) is 3. The van der Waals surface area contributed by atoms with Crippen LogP contribution in [0.25, 0.3) is 0 Å². The molecule has 0 bridgehead atoms. The van der Waals surface area contributed by atoms with Gasteiger partial charge in [-0.25, -0.2) is 8.42 Å². The summed E-state index contributed by atoms with van der Waals surface area (Å²) in [5, 5.41) is 0. The molecule has 1 fully saturated rings. The molecule has 2 aromatic carbocycles. The van der Waals surface area contributed by atoms with E-state index in [0.29, 0.717) is 31.7 Å². The molecular weight excluding hydrogens is 398 g/mol. The molecule has 2 aliphatic rings. The van der Waals surface area contributed by atoms with E-state index in [1.54, 1.807) is 28.6 Å². The molecule has 160 valence electrons. The maximum Gasteiger partial charge on any atom is 0.254 e. The number of benzene rings is 2. The summed E-state index contributed by atoms with van der Waals surface area (Å²) in [6.07, 6.45) is 3.96. The molecule has 1 amide bonds. The van der Waals surface area contributed by atoms with Gasteiger partial charge in [0.2, 0.25) is 10.0 Å². The van der Waals surface area contributed by atoms with Crippen molar-refractivity contribution in [3.63, 3.8) is 0 Å². The number of sulfonamides is 1. The highest BCUT2D eigenvalue weighted by atomic mass is 32.2. The molecule has 2 aromatic rings. The van der Waals surface area contributed by atoms with E-state index in [-0.39, 0.29) is 10.8 Å². The smallest absolute Gasteiger partial charge is 0.254 e. The number of hydrogen-bond acceptors (Lipinski definition) is 4. The second-order valence-electron chi connectivity index (χ2n) is 8.12. The van der Waals surface area contributed by atoms with Crippen LogP contribution >= 0.6 is 0 Å². The Bertz CT molecular complexity index is 997. The van der Waals surface area contributed by atoms with E-state index < -0.39 is 10.0 Å². The zero-order valence-electron chi connectivity index (χ0n) is 17.5. The predicted molar refractivity (Wildman–Crippen MR) is 118 cm³/mol. The molecule has 0 saturated carbocycles. The Morgan fingerprint density at radius 3 is 2.20 bits per heavy atom. The van der Waals surface area contributed by atoms with E-state index in [4.69, 9.17) is 0 Å².